The Morgan fingerprint density at radius 2 is 1.74 bits per heavy atom. The van der Waals surface area contributed by atoms with Gasteiger partial charge in [0.15, 0.2) is 0 Å². The second-order valence-electron chi connectivity index (χ2n) is 6.83. The molecule has 23 heavy (non-hydrogen) atoms. The van der Waals surface area contributed by atoms with E-state index in [4.69, 9.17) is 0 Å². The molecular formula is C18H28N2O3. The fourth-order valence-corrected chi connectivity index (χ4v) is 2.21. The second kappa shape index (κ2) is 8.11. The van der Waals surface area contributed by atoms with E-state index in [9.17, 15) is 14.7 Å². The molecule has 0 aliphatic carbocycles. The molecule has 0 aliphatic rings. The van der Waals surface area contributed by atoms with Gasteiger partial charge in [0.05, 0.1) is 18.7 Å². The molecule has 0 fully saturated rings. The molecule has 0 aliphatic heterocycles. The van der Waals surface area contributed by atoms with Crippen LogP contribution in [0.3, 0.4) is 0 Å². The maximum absolute atomic E-state index is 12.1. The van der Waals surface area contributed by atoms with Crippen LogP contribution in [0.2, 0.25) is 0 Å². The Morgan fingerprint density at radius 3 is 2.17 bits per heavy atom. The highest BCUT2D eigenvalue weighted by Crippen LogP contribution is 2.22. The van der Waals surface area contributed by atoms with Crippen molar-refractivity contribution in [3.8, 4) is 0 Å². The Balaban J connectivity index is 2.55. The Bertz CT molecular complexity index is 530. The predicted octanol–water partition coefficient (Wildman–Crippen LogP) is 1.99. The van der Waals surface area contributed by atoms with E-state index in [-0.39, 0.29) is 29.8 Å². The van der Waals surface area contributed by atoms with E-state index in [1.54, 1.807) is 19.1 Å². The van der Waals surface area contributed by atoms with Gasteiger partial charge in [-0.2, -0.15) is 0 Å². The molecule has 0 aromatic heterocycles. The van der Waals surface area contributed by atoms with Crippen LogP contribution in [0.1, 0.15) is 57.0 Å². The highest BCUT2D eigenvalue weighted by atomic mass is 16.3. The van der Waals surface area contributed by atoms with Crippen molar-refractivity contribution >= 4 is 11.8 Å². The molecule has 2 atom stereocenters. The molecule has 5 heteroatoms. The molecule has 1 rings (SSSR count). The molecule has 1 aromatic rings. The highest BCUT2D eigenvalue weighted by molar-refractivity contribution is 5.96. The van der Waals surface area contributed by atoms with Crippen molar-refractivity contribution in [1.82, 2.24) is 10.6 Å². The van der Waals surface area contributed by atoms with Gasteiger partial charge in [0, 0.05) is 5.56 Å². The number of hydrogen-bond donors (Lipinski definition) is 3. The summed E-state index contributed by atoms with van der Waals surface area (Å²) in [6, 6.07) is 7.08. The number of rotatable bonds is 6. The van der Waals surface area contributed by atoms with E-state index >= 15 is 0 Å². The number of aliphatic hydroxyl groups excluding tert-OH is 1. The summed E-state index contributed by atoms with van der Waals surface area (Å²) in [4.78, 5) is 23.9. The number of benzene rings is 1. The smallest absolute Gasteiger partial charge is 0.251 e. The van der Waals surface area contributed by atoms with Crippen LogP contribution in [0.4, 0.5) is 0 Å². The van der Waals surface area contributed by atoms with E-state index in [1.807, 2.05) is 19.1 Å². The quantitative estimate of drug-likeness (QED) is 0.750. The minimum atomic E-state index is -0.621. The Morgan fingerprint density at radius 1 is 1.17 bits per heavy atom. The minimum absolute atomic E-state index is 0.0328. The van der Waals surface area contributed by atoms with Crippen LogP contribution in [0, 0.1) is 0 Å². The average Bonchev–Trinajstić information content (AvgIpc) is 2.49. The molecule has 128 valence electrons. The minimum Gasteiger partial charge on any atom is -0.391 e. The molecule has 0 heterocycles. The molecule has 0 spiro atoms. The van der Waals surface area contributed by atoms with Crippen molar-refractivity contribution in [3.63, 3.8) is 0 Å². The van der Waals surface area contributed by atoms with Gasteiger partial charge in [-0.25, -0.2) is 0 Å². The molecule has 0 radical (unpaired) electrons. The highest BCUT2D eigenvalue weighted by Gasteiger charge is 2.17. The summed E-state index contributed by atoms with van der Waals surface area (Å²) >= 11 is 0. The van der Waals surface area contributed by atoms with Crippen LogP contribution in [0.5, 0.6) is 0 Å². The van der Waals surface area contributed by atoms with Gasteiger partial charge in [-0.15, -0.1) is 0 Å². The molecule has 3 N–H and O–H groups in total. The fourth-order valence-electron chi connectivity index (χ4n) is 2.21. The largest absolute Gasteiger partial charge is 0.391 e. The van der Waals surface area contributed by atoms with E-state index in [1.165, 1.54) is 0 Å². The summed E-state index contributed by atoms with van der Waals surface area (Å²) in [7, 11) is 0. The topological polar surface area (TPSA) is 78.4 Å². The van der Waals surface area contributed by atoms with Crippen LogP contribution in [-0.2, 0) is 10.2 Å². The van der Waals surface area contributed by atoms with Gasteiger partial charge in [-0.05, 0) is 36.5 Å². The molecule has 5 nitrogen and oxygen atoms in total. The van der Waals surface area contributed by atoms with Crippen LogP contribution >= 0.6 is 0 Å². The number of aliphatic hydroxyl groups is 1. The van der Waals surface area contributed by atoms with Gasteiger partial charge in [0.2, 0.25) is 5.91 Å². The molecule has 0 bridgehead atoms. The van der Waals surface area contributed by atoms with Gasteiger partial charge in [-0.3, -0.25) is 9.59 Å². The Hall–Kier alpha value is -1.88. The normalized spacial score (nSPS) is 14.0. The predicted molar refractivity (Wildman–Crippen MR) is 91.4 cm³/mol. The monoisotopic (exact) mass is 320 g/mol. The van der Waals surface area contributed by atoms with Gasteiger partial charge >= 0.3 is 0 Å². The van der Waals surface area contributed by atoms with Crippen LogP contribution in [0.25, 0.3) is 0 Å². The molecule has 1 aromatic carbocycles. The van der Waals surface area contributed by atoms with Crippen molar-refractivity contribution in [2.45, 2.75) is 58.6 Å². The summed E-state index contributed by atoms with van der Waals surface area (Å²) in [6.07, 6.45) is 0.00983. The summed E-state index contributed by atoms with van der Waals surface area (Å²) < 4.78 is 0. The SMILES string of the molecule is CC[C@@H](NC(=O)CNC(=O)c1ccc(C(C)(C)C)cc1)[C@@H](C)O. The third-order valence-electron chi connectivity index (χ3n) is 3.79. The zero-order chi connectivity index (χ0) is 17.6. The number of hydrogen-bond acceptors (Lipinski definition) is 3. The third kappa shape index (κ3) is 6.02. The van der Waals surface area contributed by atoms with E-state index in [0.29, 0.717) is 12.0 Å². The molecule has 2 amide bonds. The second-order valence-corrected chi connectivity index (χ2v) is 6.83. The van der Waals surface area contributed by atoms with Gasteiger partial charge in [-0.1, -0.05) is 39.8 Å². The Labute approximate surface area is 138 Å². The van der Waals surface area contributed by atoms with Gasteiger partial charge < -0.3 is 15.7 Å². The molecule has 0 unspecified atom stereocenters. The Kier molecular flexibility index (Phi) is 6.76. The van der Waals surface area contributed by atoms with Crippen LogP contribution in [-0.4, -0.2) is 35.6 Å². The van der Waals surface area contributed by atoms with Crippen molar-refractivity contribution in [3.05, 3.63) is 35.4 Å². The number of carbonyl (C=O) groups is 2. The number of nitrogens with one attached hydrogen (secondary N) is 2. The zero-order valence-electron chi connectivity index (χ0n) is 14.6. The first kappa shape index (κ1) is 19.2. The third-order valence-corrected chi connectivity index (χ3v) is 3.79. The molecule has 0 saturated heterocycles. The maximum Gasteiger partial charge on any atom is 0.251 e. The molecule has 0 saturated carbocycles. The standard InChI is InChI=1S/C18H28N2O3/c1-6-15(12(2)21)20-16(22)11-19-17(23)13-7-9-14(10-8-13)18(3,4)5/h7-10,12,15,21H,6,11H2,1-5H3,(H,19,23)(H,20,22)/t12-,15-/m1/s1. The van der Waals surface area contributed by atoms with Crippen molar-refractivity contribution in [2.75, 3.05) is 6.54 Å². The number of carbonyl (C=O) groups excluding carboxylic acids is 2. The molecular weight excluding hydrogens is 292 g/mol. The van der Waals surface area contributed by atoms with Crippen LogP contribution in [0.15, 0.2) is 24.3 Å². The lowest BCUT2D eigenvalue weighted by atomic mass is 9.87. The lowest BCUT2D eigenvalue weighted by molar-refractivity contribution is -0.121. The summed E-state index contributed by atoms with van der Waals surface area (Å²) in [5, 5.41) is 14.8. The summed E-state index contributed by atoms with van der Waals surface area (Å²) in [5.74, 6) is -0.594. The number of amides is 2. The first-order valence-electron chi connectivity index (χ1n) is 8.01. The maximum atomic E-state index is 12.1. The van der Waals surface area contributed by atoms with Gasteiger partial charge in [0.25, 0.3) is 5.91 Å². The van der Waals surface area contributed by atoms with Crippen molar-refractivity contribution in [1.29, 1.82) is 0 Å². The average molecular weight is 320 g/mol. The first-order valence-corrected chi connectivity index (χ1v) is 8.01. The van der Waals surface area contributed by atoms with E-state index in [0.717, 1.165) is 5.56 Å². The first-order chi connectivity index (χ1) is 10.6. The van der Waals surface area contributed by atoms with Crippen LogP contribution < -0.4 is 10.6 Å². The summed E-state index contributed by atoms with van der Waals surface area (Å²) in [6.45, 7) is 9.73. The lowest BCUT2D eigenvalue weighted by Gasteiger charge is -2.20. The zero-order valence-corrected chi connectivity index (χ0v) is 14.6. The fraction of sp³-hybridized carbons (Fsp3) is 0.556. The lowest BCUT2D eigenvalue weighted by Crippen LogP contribution is -2.46. The van der Waals surface area contributed by atoms with Crippen molar-refractivity contribution in [2.24, 2.45) is 0 Å². The van der Waals surface area contributed by atoms with Gasteiger partial charge in [0.1, 0.15) is 0 Å². The summed E-state index contributed by atoms with van der Waals surface area (Å²) in [5.41, 5.74) is 1.70. The van der Waals surface area contributed by atoms with Crippen molar-refractivity contribution < 1.29 is 14.7 Å². The van der Waals surface area contributed by atoms with E-state index in [2.05, 4.69) is 31.4 Å². The van der Waals surface area contributed by atoms with E-state index < -0.39 is 6.10 Å².